The lowest BCUT2D eigenvalue weighted by Crippen LogP contribution is -2.43. The van der Waals surface area contributed by atoms with E-state index in [-0.39, 0.29) is 11.5 Å². The lowest BCUT2D eigenvalue weighted by atomic mass is 9.80. The molecular weight excluding hydrogens is 192 g/mol. The Morgan fingerprint density at radius 2 is 2.07 bits per heavy atom. The summed E-state index contributed by atoms with van der Waals surface area (Å²) in [5, 5.41) is 2.83. The molecule has 1 saturated heterocycles. The molecule has 15 heavy (non-hydrogen) atoms. The number of hydrogen-bond donors (Lipinski definition) is 1. The van der Waals surface area contributed by atoms with Gasteiger partial charge in [-0.2, -0.15) is 0 Å². The van der Waals surface area contributed by atoms with Gasteiger partial charge in [-0.25, -0.2) is 4.79 Å². The molecule has 88 valence electrons. The maximum Gasteiger partial charge on any atom is 0.407 e. The van der Waals surface area contributed by atoms with Gasteiger partial charge < -0.3 is 15.0 Å². The highest BCUT2D eigenvalue weighted by molar-refractivity contribution is 5.67. The number of likely N-dealkylation sites (tertiary alicyclic amines) is 1. The third kappa shape index (κ3) is 4.08. The first kappa shape index (κ1) is 12.3. The van der Waals surface area contributed by atoms with Crippen LogP contribution in [0, 0.1) is 5.41 Å². The van der Waals surface area contributed by atoms with Crippen LogP contribution in [0.25, 0.3) is 0 Å². The summed E-state index contributed by atoms with van der Waals surface area (Å²) >= 11 is 0. The minimum Gasteiger partial charge on any atom is -0.450 e. The highest BCUT2D eigenvalue weighted by atomic mass is 16.5. The monoisotopic (exact) mass is 214 g/mol. The van der Waals surface area contributed by atoms with Gasteiger partial charge in [0.25, 0.3) is 0 Å². The van der Waals surface area contributed by atoms with Crippen molar-refractivity contribution < 1.29 is 9.53 Å². The van der Waals surface area contributed by atoms with E-state index in [1.54, 1.807) is 0 Å². The number of piperidine rings is 1. The molecule has 1 fully saturated rings. The zero-order valence-electron chi connectivity index (χ0n) is 10.0. The molecule has 4 heteroatoms. The van der Waals surface area contributed by atoms with Gasteiger partial charge in [-0.3, -0.25) is 0 Å². The first-order valence-electron chi connectivity index (χ1n) is 5.65. The summed E-state index contributed by atoms with van der Waals surface area (Å²) in [5.41, 5.74) is 0.235. The van der Waals surface area contributed by atoms with Gasteiger partial charge in [-0.1, -0.05) is 6.92 Å². The van der Waals surface area contributed by atoms with E-state index < -0.39 is 0 Å². The highest BCUT2D eigenvalue weighted by Gasteiger charge is 2.29. The van der Waals surface area contributed by atoms with E-state index in [0.717, 1.165) is 32.5 Å². The van der Waals surface area contributed by atoms with E-state index in [1.165, 1.54) is 0 Å². The van der Waals surface area contributed by atoms with Gasteiger partial charge in [-0.15, -0.1) is 0 Å². The summed E-state index contributed by atoms with van der Waals surface area (Å²) in [5.74, 6) is 0. The molecule has 0 saturated carbocycles. The van der Waals surface area contributed by atoms with E-state index in [1.807, 2.05) is 6.92 Å². The number of nitrogens with zero attached hydrogens (tertiary/aromatic N) is 1. The van der Waals surface area contributed by atoms with Crippen molar-refractivity contribution in [3.8, 4) is 0 Å². The van der Waals surface area contributed by atoms with Crippen molar-refractivity contribution in [1.82, 2.24) is 10.2 Å². The normalized spacial score (nSPS) is 21.0. The maximum absolute atomic E-state index is 11.1. The van der Waals surface area contributed by atoms with Crippen LogP contribution in [0.4, 0.5) is 4.79 Å². The molecule has 0 aromatic rings. The van der Waals surface area contributed by atoms with Crippen molar-refractivity contribution in [2.24, 2.45) is 5.41 Å². The molecule has 1 aliphatic rings. The summed E-state index contributed by atoms with van der Waals surface area (Å²) in [4.78, 5) is 13.5. The van der Waals surface area contributed by atoms with Crippen LogP contribution < -0.4 is 5.32 Å². The van der Waals surface area contributed by atoms with Crippen LogP contribution in [0.15, 0.2) is 0 Å². The lowest BCUT2D eigenvalue weighted by molar-refractivity contribution is 0.120. The quantitative estimate of drug-likeness (QED) is 0.773. The maximum atomic E-state index is 11.1. The second-order valence-corrected chi connectivity index (χ2v) is 4.69. The minimum atomic E-state index is -0.294. The van der Waals surface area contributed by atoms with Crippen LogP contribution in [-0.2, 0) is 4.74 Å². The number of nitrogens with one attached hydrogen (secondary N) is 1. The van der Waals surface area contributed by atoms with Gasteiger partial charge in [0.1, 0.15) is 0 Å². The molecule has 1 N–H and O–H groups in total. The van der Waals surface area contributed by atoms with Crippen molar-refractivity contribution in [2.45, 2.75) is 26.7 Å². The number of ether oxygens (including phenoxy) is 1. The Hall–Kier alpha value is -0.770. The van der Waals surface area contributed by atoms with E-state index in [4.69, 9.17) is 4.74 Å². The number of carbonyl (C=O) groups is 1. The molecule has 0 atom stereocenters. The zero-order chi connectivity index (χ0) is 11.3. The number of alkyl carbamates (subject to hydrolysis) is 1. The molecule has 1 rings (SSSR count). The van der Waals surface area contributed by atoms with Crippen LogP contribution in [0.3, 0.4) is 0 Å². The average molecular weight is 214 g/mol. The number of hydrogen-bond acceptors (Lipinski definition) is 3. The Bertz CT molecular complexity index is 211. The van der Waals surface area contributed by atoms with E-state index in [0.29, 0.717) is 6.61 Å². The van der Waals surface area contributed by atoms with Crippen molar-refractivity contribution >= 4 is 6.09 Å². The smallest absolute Gasteiger partial charge is 0.407 e. The molecule has 0 aliphatic carbocycles. The third-order valence-electron chi connectivity index (χ3n) is 3.13. The minimum absolute atomic E-state index is 0.235. The highest BCUT2D eigenvalue weighted by Crippen LogP contribution is 2.29. The molecule has 1 aliphatic heterocycles. The van der Waals surface area contributed by atoms with E-state index in [9.17, 15) is 4.79 Å². The summed E-state index contributed by atoms with van der Waals surface area (Å²) in [6.07, 6.45) is 1.98. The Kier molecular flexibility index (Phi) is 4.39. The van der Waals surface area contributed by atoms with Crippen molar-refractivity contribution in [1.29, 1.82) is 0 Å². The zero-order valence-corrected chi connectivity index (χ0v) is 10.0. The number of amides is 1. The first-order valence-corrected chi connectivity index (χ1v) is 5.65. The molecule has 0 aromatic carbocycles. The summed E-state index contributed by atoms with van der Waals surface area (Å²) in [6.45, 7) is 7.43. The lowest BCUT2D eigenvalue weighted by Gasteiger charge is -2.37. The first-order chi connectivity index (χ1) is 7.06. The van der Waals surface area contributed by atoms with Gasteiger partial charge in [0, 0.05) is 6.54 Å². The Labute approximate surface area is 92.0 Å². The molecule has 0 aromatic heterocycles. The average Bonchev–Trinajstić information content (AvgIpc) is 2.21. The van der Waals surface area contributed by atoms with Crippen molar-refractivity contribution in [2.75, 3.05) is 33.3 Å². The van der Waals surface area contributed by atoms with Gasteiger partial charge in [0.15, 0.2) is 0 Å². The number of carbonyl (C=O) groups excluding carboxylic acids is 1. The van der Waals surface area contributed by atoms with Crippen LogP contribution in [-0.4, -0.2) is 44.3 Å². The predicted octanol–water partition coefficient (Wildman–Crippen LogP) is 1.46. The molecule has 0 spiro atoms. The molecule has 0 unspecified atom stereocenters. The summed E-state index contributed by atoms with van der Waals surface area (Å²) in [6, 6.07) is 0. The SMILES string of the molecule is CCOC(=O)NCC1(C)CCN(C)CC1. The Morgan fingerprint density at radius 1 is 1.47 bits per heavy atom. The molecule has 4 nitrogen and oxygen atoms in total. The van der Waals surface area contributed by atoms with E-state index >= 15 is 0 Å². The summed E-state index contributed by atoms with van der Waals surface area (Å²) < 4.78 is 4.84. The Morgan fingerprint density at radius 3 is 2.60 bits per heavy atom. The van der Waals surface area contributed by atoms with Crippen LogP contribution in [0.1, 0.15) is 26.7 Å². The van der Waals surface area contributed by atoms with Gasteiger partial charge >= 0.3 is 6.09 Å². The van der Waals surface area contributed by atoms with Crippen molar-refractivity contribution in [3.63, 3.8) is 0 Å². The molecule has 0 bridgehead atoms. The van der Waals surface area contributed by atoms with Gasteiger partial charge in [0.05, 0.1) is 6.61 Å². The van der Waals surface area contributed by atoms with Gasteiger partial charge in [0.2, 0.25) is 0 Å². The standard InChI is InChI=1S/C11H22N2O2/c1-4-15-10(14)12-9-11(2)5-7-13(3)8-6-11/h4-9H2,1-3H3,(H,12,14). The van der Waals surface area contributed by atoms with E-state index in [2.05, 4.69) is 24.2 Å². The molecule has 0 radical (unpaired) electrons. The third-order valence-corrected chi connectivity index (χ3v) is 3.13. The molecule has 1 amide bonds. The van der Waals surface area contributed by atoms with Crippen LogP contribution in [0.5, 0.6) is 0 Å². The number of rotatable bonds is 3. The fourth-order valence-corrected chi connectivity index (χ4v) is 1.80. The fourth-order valence-electron chi connectivity index (χ4n) is 1.80. The summed E-state index contributed by atoms with van der Waals surface area (Å²) in [7, 11) is 2.14. The predicted molar refractivity (Wildman–Crippen MR) is 59.9 cm³/mol. The largest absolute Gasteiger partial charge is 0.450 e. The topological polar surface area (TPSA) is 41.6 Å². The Balaban J connectivity index is 2.27. The van der Waals surface area contributed by atoms with Crippen LogP contribution in [0.2, 0.25) is 0 Å². The second-order valence-electron chi connectivity index (χ2n) is 4.69. The fraction of sp³-hybridized carbons (Fsp3) is 0.909. The van der Waals surface area contributed by atoms with Crippen molar-refractivity contribution in [3.05, 3.63) is 0 Å². The second kappa shape index (κ2) is 5.35. The molecule has 1 heterocycles. The van der Waals surface area contributed by atoms with Crippen LogP contribution >= 0.6 is 0 Å². The van der Waals surface area contributed by atoms with Gasteiger partial charge in [-0.05, 0) is 45.3 Å². The molecular formula is C11H22N2O2.